The molecule has 0 fully saturated rings. The van der Waals surface area contributed by atoms with Gasteiger partial charge in [-0.2, -0.15) is 10.1 Å². The minimum atomic E-state index is -3.87. The number of nitrogens with zero attached hydrogens (tertiary/aromatic N) is 3. The molecule has 0 saturated carbocycles. The van der Waals surface area contributed by atoms with Crippen LogP contribution in [-0.2, 0) is 17.1 Å². The van der Waals surface area contributed by atoms with Crippen LogP contribution in [0.2, 0.25) is 5.02 Å². The highest BCUT2D eigenvalue weighted by atomic mass is 79.9. The minimum Gasteiger partial charge on any atom is -0.398 e. The first-order valence-corrected chi connectivity index (χ1v) is 7.58. The van der Waals surface area contributed by atoms with Crippen molar-refractivity contribution in [2.24, 2.45) is 7.05 Å². The van der Waals surface area contributed by atoms with Gasteiger partial charge in [-0.1, -0.05) is 11.6 Å². The number of aryl methyl sites for hydroxylation is 1. The maximum atomic E-state index is 12.2. The monoisotopic (exact) mass is 365 g/mol. The summed E-state index contributed by atoms with van der Waals surface area (Å²) in [6, 6.07) is 2.74. The van der Waals surface area contributed by atoms with Gasteiger partial charge in [0, 0.05) is 17.8 Å². The molecular weight excluding hydrogens is 358 g/mol. The summed E-state index contributed by atoms with van der Waals surface area (Å²) in [4.78, 5) is 3.71. The summed E-state index contributed by atoms with van der Waals surface area (Å²) >= 11 is 8.94. The van der Waals surface area contributed by atoms with Crippen LogP contribution in [0.15, 0.2) is 27.8 Å². The molecule has 0 saturated heterocycles. The van der Waals surface area contributed by atoms with Gasteiger partial charge in [0.05, 0.1) is 4.47 Å². The summed E-state index contributed by atoms with van der Waals surface area (Å²) in [6.07, 6.45) is 1.24. The first-order valence-electron chi connectivity index (χ1n) is 4.92. The summed E-state index contributed by atoms with van der Waals surface area (Å²) < 4.78 is 28.3. The van der Waals surface area contributed by atoms with Gasteiger partial charge in [0.25, 0.3) is 10.0 Å². The molecule has 0 aliphatic carbocycles. The average molecular weight is 367 g/mol. The average Bonchev–Trinajstić information content (AvgIpc) is 2.69. The van der Waals surface area contributed by atoms with Crippen molar-refractivity contribution in [2.75, 3.05) is 10.5 Å². The fraction of sp³-hybridized carbons (Fsp3) is 0.111. The Morgan fingerprint density at radius 3 is 2.74 bits per heavy atom. The number of hydrogen-bond acceptors (Lipinski definition) is 5. The van der Waals surface area contributed by atoms with Gasteiger partial charge in [0.2, 0.25) is 5.95 Å². The lowest BCUT2D eigenvalue weighted by molar-refractivity contribution is 0.599. The topological polar surface area (TPSA) is 103 Å². The first-order chi connectivity index (χ1) is 8.81. The number of aromatic nitrogens is 3. The Labute approximate surface area is 123 Å². The van der Waals surface area contributed by atoms with Crippen LogP contribution < -0.4 is 10.5 Å². The molecule has 0 unspecified atom stereocenters. The van der Waals surface area contributed by atoms with Crippen molar-refractivity contribution < 1.29 is 8.42 Å². The van der Waals surface area contributed by atoms with Crippen molar-refractivity contribution in [1.29, 1.82) is 0 Å². The van der Waals surface area contributed by atoms with Gasteiger partial charge in [0.15, 0.2) is 0 Å². The second-order valence-corrected chi connectivity index (χ2v) is 6.50. The summed E-state index contributed by atoms with van der Waals surface area (Å²) in [5, 5.41) is 3.99. The van der Waals surface area contributed by atoms with Crippen LogP contribution in [0.5, 0.6) is 0 Å². The number of halogens is 2. The number of nitrogens with one attached hydrogen (secondary N) is 1. The van der Waals surface area contributed by atoms with E-state index in [2.05, 4.69) is 30.7 Å². The van der Waals surface area contributed by atoms with Crippen LogP contribution in [0, 0.1) is 0 Å². The molecule has 2 aromatic rings. The molecule has 1 heterocycles. The van der Waals surface area contributed by atoms with Crippen LogP contribution in [0.3, 0.4) is 0 Å². The van der Waals surface area contributed by atoms with Crippen molar-refractivity contribution in [1.82, 2.24) is 14.8 Å². The number of nitrogens with two attached hydrogens (primary N) is 1. The molecule has 19 heavy (non-hydrogen) atoms. The Kier molecular flexibility index (Phi) is 3.70. The van der Waals surface area contributed by atoms with Crippen molar-refractivity contribution in [2.45, 2.75) is 4.90 Å². The van der Waals surface area contributed by atoms with Crippen molar-refractivity contribution in [3.05, 3.63) is 28.0 Å². The van der Waals surface area contributed by atoms with Gasteiger partial charge >= 0.3 is 0 Å². The highest BCUT2D eigenvalue weighted by molar-refractivity contribution is 9.10. The molecule has 10 heteroatoms. The zero-order valence-electron chi connectivity index (χ0n) is 9.63. The van der Waals surface area contributed by atoms with Crippen molar-refractivity contribution >= 4 is 49.2 Å². The Morgan fingerprint density at radius 1 is 1.47 bits per heavy atom. The Bertz CT molecular complexity index is 730. The zero-order chi connectivity index (χ0) is 14.2. The van der Waals surface area contributed by atoms with Crippen LogP contribution in [0.25, 0.3) is 0 Å². The second-order valence-electron chi connectivity index (χ2n) is 3.62. The first kappa shape index (κ1) is 14.1. The highest BCUT2D eigenvalue weighted by Crippen LogP contribution is 2.32. The van der Waals surface area contributed by atoms with Gasteiger partial charge in [0.1, 0.15) is 11.2 Å². The molecule has 7 nitrogen and oxygen atoms in total. The maximum Gasteiger partial charge on any atom is 0.265 e. The van der Waals surface area contributed by atoms with Gasteiger partial charge < -0.3 is 5.73 Å². The number of hydrogen-bond donors (Lipinski definition) is 2. The molecule has 3 N–H and O–H groups in total. The van der Waals surface area contributed by atoms with Gasteiger partial charge in [-0.25, -0.2) is 17.8 Å². The van der Waals surface area contributed by atoms with E-state index in [0.717, 1.165) is 0 Å². The Balaban J connectivity index is 2.49. The van der Waals surface area contributed by atoms with E-state index in [0.29, 0.717) is 0 Å². The number of nitrogen functional groups attached to an aromatic ring is 1. The van der Waals surface area contributed by atoms with Gasteiger partial charge in [-0.3, -0.25) is 0 Å². The molecular formula is C9H9BrClN5O2S. The number of sulfonamides is 1. The predicted molar refractivity (Wildman–Crippen MR) is 75.4 cm³/mol. The second kappa shape index (κ2) is 4.99. The Hall–Kier alpha value is -1.32. The third kappa shape index (κ3) is 2.82. The van der Waals surface area contributed by atoms with E-state index in [1.54, 1.807) is 7.05 Å². The summed E-state index contributed by atoms with van der Waals surface area (Å²) in [5.41, 5.74) is 5.89. The summed E-state index contributed by atoms with van der Waals surface area (Å²) in [5.74, 6) is 0.0884. The van der Waals surface area contributed by atoms with Gasteiger partial charge in [-0.15, -0.1) is 0 Å². The Morgan fingerprint density at radius 2 is 2.16 bits per heavy atom. The molecule has 0 amide bonds. The van der Waals surface area contributed by atoms with E-state index in [4.69, 9.17) is 17.3 Å². The molecule has 1 aromatic carbocycles. The zero-order valence-corrected chi connectivity index (χ0v) is 12.8. The molecule has 0 aliphatic rings. The number of anilines is 2. The van der Waals surface area contributed by atoms with Crippen molar-refractivity contribution in [3.63, 3.8) is 0 Å². The van der Waals surface area contributed by atoms with Crippen molar-refractivity contribution in [3.8, 4) is 0 Å². The van der Waals surface area contributed by atoms with E-state index in [9.17, 15) is 8.42 Å². The van der Waals surface area contributed by atoms with E-state index in [1.165, 1.54) is 23.1 Å². The third-order valence-electron chi connectivity index (χ3n) is 2.26. The van der Waals surface area contributed by atoms with Crippen LogP contribution >= 0.6 is 27.5 Å². The lowest BCUT2D eigenvalue weighted by Gasteiger charge is -2.10. The smallest absolute Gasteiger partial charge is 0.265 e. The van der Waals surface area contributed by atoms with Crippen LogP contribution in [0.4, 0.5) is 11.6 Å². The van der Waals surface area contributed by atoms with E-state index in [-0.39, 0.29) is 26.0 Å². The SMILES string of the molecule is Cn1ncnc1NS(=O)(=O)c1cc(Cl)cc(N)c1Br. The summed E-state index contributed by atoms with van der Waals surface area (Å²) in [7, 11) is -2.30. The fourth-order valence-electron chi connectivity index (χ4n) is 1.34. The summed E-state index contributed by atoms with van der Waals surface area (Å²) in [6.45, 7) is 0. The lowest BCUT2D eigenvalue weighted by Crippen LogP contribution is -2.17. The predicted octanol–water partition coefficient (Wildman–Crippen LogP) is 1.61. The molecule has 1 aromatic heterocycles. The standard InChI is InChI=1S/C9H9BrClN5O2S/c1-16-9(13-4-14-16)15-19(17,18)7-3-5(11)2-6(12)8(7)10/h2-4H,12H2,1H3,(H,13,14,15). The molecule has 0 atom stereocenters. The minimum absolute atomic E-state index is 0.0690. The van der Waals surface area contributed by atoms with Crippen LogP contribution in [-0.4, -0.2) is 23.2 Å². The largest absolute Gasteiger partial charge is 0.398 e. The normalized spacial score (nSPS) is 11.5. The molecule has 0 bridgehead atoms. The molecule has 0 radical (unpaired) electrons. The van der Waals surface area contributed by atoms with Crippen LogP contribution in [0.1, 0.15) is 0 Å². The van der Waals surface area contributed by atoms with E-state index < -0.39 is 10.0 Å². The van der Waals surface area contributed by atoms with E-state index in [1.807, 2.05) is 0 Å². The molecule has 0 spiro atoms. The number of benzene rings is 1. The fourth-order valence-corrected chi connectivity index (χ4v) is 3.67. The quantitative estimate of drug-likeness (QED) is 0.803. The maximum absolute atomic E-state index is 12.2. The third-order valence-corrected chi connectivity index (χ3v) is 4.98. The molecule has 0 aliphatic heterocycles. The highest BCUT2D eigenvalue weighted by Gasteiger charge is 2.22. The lowest BCUT2D eigenvalue weighted by atomic mass is 10.3. The van der Waals surface area contributed by atoms with E-state index >= 15 is 0 Å². The van der Waals surface area contributed by atoms with Gasteiger partial charge in [-0.05, 0) is 28.1 Å². The molecule has 2 rings (SSSR count). The molecule has 102 valence electrons. The number of rotatable bonds is 3.